The van der Waals surface area contributed by atoms with E-state index in [-0.39, 0.29) is 11.9 Å². The van der Waals surface area contributed by atoms with Crippen molar-refractivity contribution in [2.24, 2.45) is 11.7 Å². The maximum absolute atomic E-state index is 12.6. The van der Waals surface area contributed by atoms with Crippen LogP contribution >= 0.6 is 0 Å². The van der Waals surface area contributed by atoms with E-state index in [4.69, 9.17) is 5.73 Å². The van der Waals surface area contributed by atoms with E-state index in [1.165, 1.54) is 12.1 Å². The van der Waals surface area contributed by atoms with Gasteiger partial charge in [-0.15, -0.1) is 0 Å². The highest BCUT2D eigenvalue weighted by Crippen LogP contribution is 2.18. The maximum atomic E-state index is 12.6. The molecule has 0 aromatic heterocycles. The normalized spacial score (nSPS) is 13.2. The predicted molar refractivity (Wildman–Crippen MR) is 57.4 cm³/mol. The standard InChI is InChI=1S/C12H18FN/c1-9(2)3-8-12(14)10-4-6-11(13)7-5-10/h4-7,9,12H,3,8,14H2,1-2H3. The van der Waals surface area contributed by atoms with Gasteiger partial charge in [0.05, 0.1) is 0 Å². The van der Waals surface area contributed by atoms with Gasteiger partial charge in [0, 0.05) is 6.04 Å². The van der Waals surface area contributed by atoms with Gasteiger partial charge in [0.15, 0.2) is 0 Å². The lowest BCUT2D eigenvalue weighted by Gasteiger charge is -2.13. The molecule has 0 aliphatic carbocycles. The summed E-state index contributed by atoms with van der Waals surface area (Å²) < 4.78 is 12.6. The molecule has 2 N–H and O–H groups in total. The van der Waals surface area contributed by atoms with Gasteiger partial charge in [0.2, 0.25) is 0 Å². The van der Waals surface area contributed by atoms with Gasteiger partial charge in [-0.25, -0.2) is 4.39 Å². The quantitative estimate of drug-likeness (QED) is 0.784. The van der Waals surface area contributed by atoms with Crippen LogP contribution in [-0.2, 0) is 0 Å². The van der Waals surface area contributed by atoms with Gasteiger partial charge in [0.25, 0.3) is 0 Å². The van der Waals surface area contributed by atoms with E-state index in [0.717, 1.165) is 18.4 Å². The third-order valence-electron chi connectivity index (χ3n) is 2.35. The van der Waals surface area contributed by atoms with Crippen molar-refractivity contribution in [1.29, 1.82) is 0 Å². The van der Waals surface area contributed by atoms with Crippen LogP contribution in [0.3, 0.4) is 0 Å². The van der Waals surface area contributed by atoms with Gasteiger partial charge in [0.1, 0.15) is 5.82 Å². The van der Waals surface area contributed by atoms with Crippen molar-refractivity contribution < 1.29 is 4.39 Å². The monoisotopic (exact) mass is 195 g/mol. The lowest BCUT2D eigenvalue weighted by molar-refractivity contribution is 0.506. The van der Waals surface area contributed by atoms with Crippen molar-refractivity contribution in [3.05, 3.63) is 35.6 Å². The summed E-state index contributed by atoms with van der Waals surface area (Å²) >= 11 is 0. The molecule has 1 aromatic carbocycles. The molecule has 0 saturated heterocycles. The molecule has 1 nitrogen and oxygen atoms in total. The second-order valence-electron chi connectivity index (χ2n) is 4.13. The lowest BCUT2D eigenvalue weighted by Crippen LogP contribution is -2.11. The van der Waals surface area contributed by atoms with Crippen molar-refractivity contribution in [3.8, 4) is 0 Å². The highest BCUT2D eigenvalue weighted by atomic mass is 19.1. The minimum Gasteiger partial charge on any atom is -0.324 e. The fraction of sp³-hybridized carbons (Fsp3) is 0.500. The zero-order valence-electron chi connectivity index (χ0n) is 8.83. The zero-order valence-corrected chi connectivity index (χ0v) is 8.83. The smallest absolute Gasteiger partial charge is 0.123 e. The summed E-state index contributed by atoms with van der Waals surface area (Å²) in [4.78, 5) is 0. The van der Waals surface area contributed by atoms with E-state index >= 15 is 0 Å². The van der Waals surface area contributed by atoms with Gasteiger partial charge in [-0.05, 0) is 36.5 Å². The Morgan fingerprint density at radius 1 is 1.14 bits per heavy atom. The molecule has 0 heterocycles. The first-order chi connectivity index (χ1) is 6.59. The molecular weight excluding hydrogens is 177 g/mol. The molecule has 0 aliphatic rings. The molecule has 14 heavy (non-hydrogen) atoms. The molecule has 0 bridgehead atoms. The lowest BCUT2D eigenvalue weighted by atomic mass is 9.98. The van der Waals surface area contributed by atoms with E-state index in [0.29, 0.717) is 5.92 Å². The van der Waals surface area contributed by atoms with E-state index in [1.807, 2.05) is 0 Å². The molecule has 0 spiro atoms. The molecule has 0 amide bonds. The molecule has 78 valence electrons. The van der Waals surface area contributed by atoms with Crippen LogP contribution in [-0.4, -0.2) is 0 Å². The van der Waals surface area contributed by atoms with Crippen molar-refractivity contribution in [2.45, 2.75) is 32.7 Å². The first kappa shape index (κ1) is 11.2. The Hall–Kier alpha value is -0.890. The first-order valence-corrected chi connectivity index (χ1v) is 5.10. The molecule has 1 unspecified atom stereocenters. The van der Waals surface area contributed by atoms with Crippen molar-refractivity contribution in [3.63, 3.8) is 0 Å². The van der Waals surface area contributed by atoms with Crippen LogP contribution < -0.4 is 5.73 Å². The Morgan fingerprint density at radius 2 is 1.71 bits per heavy atom. The Balaban J connectivity index is 2.52. The van der Waals surface area contributed by atoms with Crippen LogP contribution in [0.2, 0.25) is 0 Å². The van der Waals surface area contributed by atoms with Crippen LogP contribution in [0.1, 0.15) is 38.3 Å². The zero-order chi connectivity index (χ0) is 10.6. The number of hydrogen-bond acceptors (Lipinski definition) is 1. The fourth-order valence-electron chi connectivity index (χ4n) is 1.39. The van der Waals surface area contributed by atoms with Crippen LogP contribution in [0, 0.1) is 11.7 Å². The second kappa shape index (κ2) is 5.11. The van der Waals surface area contributed by atoms with Crippen molar-refractivity contribution >= 4 is 0 Å². The molecule has 2 heteroatoms. The Labute approximate surface area is 85.1 Å². The Kier molecular flexibility index (Phi) is 4.08. The number of rotatable bonds is 4. The van der Waals surface area contributed by atoms with E-state index in [1.54, 1.807) is 12.1 Å². The van der Waals surface area contributed by atoms with E-state index < -0.39 is 0 Å². The van der Waals surface area contributed by atoms with Gasteiger partial charge >= 0.3 is 0 Å². The topological polar surface area (TPSA) is 26.0 Å². The van der Waals surface area contributed by atoms with Crippen LogP contribution in [0.5, 0.6) is 0 Å². The number of halogens is 1. The number of hydrogen-bond donors (Lipinski definition) is 1. The maximum Gasteiger partial charge on any atom is 0.123 e. The average molecular weight is 195 g/mol. The highest BCUT2D eigenvalue weighted by Gasteiger charge is 2.06. The number of benzene rings is 1. The molecule has 0 aliphatic heterocycles. The molecule has 0 fully saturated rings. The van der Waals surface area contributed by atoms with Crippen molar-refractivity contribution in [2.75, 3.05) is 0 Å². The molecule has 0 saturated carbocycles. The summed E-state index contributed by atoms with van der Waals surface area (Å²) in [5.74, 6) is 0.464. The molecular formula is C12H18FN. The first-order valence-electron chi connectivity index (χ1n) is 5.10. The molecule has 1 atom stereocenters. The van der Waals surface area contributed by atoms with Gasteiger partial charge in [-0.3, -0.25) is 0 Å². The molecule has 0 radical (unpaired) electrons. The fourth-order valence-corrected chi connectivity index (χ4v) is 1.39. The molecule has 1 rings (SSSR count). The van der Waals surface area contributed by atoms with E-state index in [2.05, 4.69) is 13.8 Å². The minimum atomic E-state index is -0.204. The van der Waals surface area contributed by atoms with Gasteiger partial charge in [-0.1, -0.05) is 26.0 Å². The second-order valence-corrected chi connectivity index (χ2v) is 4.13. The predicted octanol–water partition coefficient (Wildman–Crippen LogP) is 3.26. The summed E-state index contributed by atoms with van der Waals surface area (Å²) in [6.07, 6.45) is 2.07. The largest absolute Gasteiger partial charge is 0.324 e. The minimum absolute atomic E-state index is 0.0398. The van der Waals surface area contributed by atoms with Crippen LogP contribution in [0.25, 0.3) is 0 Å². The van der Waals surface area contributed by atoms with E-state index in [9.17, 15) is 4.39 Å². The summed E-state index contributed by atoms with van der Waals surface area (Å²) in [6.45, 7) is 4.36. The van der Waals surface area contributed by atoms with Gasteiger partial charge < -0.3 is 5.73 Å². The van der Waals surface area contributed by atoms with Crippen LogP contribution in [0.4, 0.5) is 4.39 Å². The molecule has 1 aromatic rings. The van der Waals surface area contributed by atoms with Crippen molar-refractivity contribution in [1.82, 2.24) is 0 Å². The Morgan fingerprint density at radius 3 is 2.21 bits per heavy atom. The third-order valence-corrected chi connectivity index (χ3v) is 2.35. The van der Waals surface area contributed by atoms with Gasteiger partial charge in [-0.2, -0.15) is 0 Å². The highest BCUT2D eigenvalue weighted by molar-refractivity contribution is 5.19. The van der Waals surface area contributed by atoms with Crippen LogP contribution in [0.15, 0.2) is 24.3 Å². The summed E-state index contributed by atoms with van der Waals surface area (Å²) in [7, 11) is 0. The summed E-state index contributed by atoms with van der Waals surface area (Å²) in [5, 5.41) is 0. The number of nitrogens with two attached hydrogens (primary N) is 1. The third kappa shape index (κ3) is 3.46. The Bertz CT molecular complexity index is 266. The average Bonchev–Trinajstić information content (AvgIpc) is 2.15. The summed E-state index contributed by atoms with van der Waals surface area (Å²) in [5.41, 5.74) is 6.99. The summed E-state index contributed by atoms with van der Waals surface area (Å²) in [6, 6.07) is 6.49. The SMILES string of the molecule is CC(C)CCC(N)c1ccc(F)cc1.